The van der Waals surface area contributed by atoms with Gasteiger partial charge >= 0.3 is 0 Å². The molecule has 0 fully saturated rings. The van der Waals surface area contributed by atoms with Gasteiger partial charge in [-0.3, -0.25) is 10.1 Å². The van der Waals surface area contributed by atoms with E-state index >= 15 is 0 Å². The lowest BCUT2D eigenvalue weighted by molar-refractivity contribution is -0.384. The van der Waals surface area contributed by atoms with Gasteiger partial charge in [0.15, 0.2) is 0 Å². The van der Waals surface area contributed by atoms with Gasteiger partial charge < -0.3 is 9.33 Å². The number of non-ortho nitro benzene ring substituents is 1. The summed E-state index contributed by atoms with van der Waals surface area (Å²) in [6.45, 7) is 9.84. The van der Waals surface area contributed by atoms with Crippen molar-refractivity contribution in [2.75, 3.05) is 11.9 Å². The van der Waals surface area contributed by atoms with E-state index in [4.69, 9.17) is 4.43 Å². The van der Waals surface area contributed by atoms with Gasteiger partial charge in [0, 0.05) is 35.8 Å². The summed E-state index contributed by atoms with van der Waals surface area (Å²) in [7, 11) is -0.180. The van der Waals surface area contributed by atoms with Crippen molar-refractivity contribution in [2.45, 2.75) is 50.9 Å². The molecule has 1 heterocycles. The molecule has 2 unspecified atom stereocenters. The Morgan fingerprint density at radius 1 is 1.23 bits per heavy atom. The van der Waals surface area contributed by atoms with Gasteiger partial charge in [-0.25, -0.2) is 4.39 Å². The number of hydrogen-bond donors (Lipinski definition) is 0. The molecule has 0 N–H and O–H groups in total. The Hall–Kier alpha value is -2.92. The van der Waals surface area contributed by atoms with Gasteiger partial charge in [0.2, 0.25) is 8.32 Å². The van der Waals surface area contributed by atoms with Gasteiger partial charge in [0.1, 0.15) is 17.1 Å². The molecule has 0 aromatic heterocycles. The molecule has 3 rings (SSSR count). The predicted molar refractivity (Wildman–Crippen MR) is 117 cm³/mol. The third-order valence-electron chi connectivity index (χ3n) is 6.09. The third kappa shape index (κ3) is 3.43. The SMILES string of the molecule is CN1c2ccc(F)cc2C(C)(Cc2cc([N+](=O)[O-])ccc2O[Si](C)(C)C)C1(C)C#N. The van der Waals surface area contributed by atoms with E-state index in [1.165, 1.54) is 24.3 Å². The van der Waals surface area contributed by atoms with E-state index in [0.29, 0.717) is 23.3 Å². The molecule has 1 aliphatic rings. The summed E-state index contributed by atoms with van der Waals surface area (Å²) in [6.07, 6.45) is 0.291. The van der Waals surface area contributed by atoms with Crippen molar-refractivity contribution < 1.29 is 13.7 Å². The van der Waals surface area contributed by atoms with Crippen molar-refractivity contribution in [1.82, 2.24) is 0 Å². The highest BCUT2D eigenvalue weighted by molar-refractivity contribution is 6.70. The van der Waals surface area contributed by atoms with Crippen molar-refractivity contribution in [3.63, 3.8) is 0 Å². The zero-order chi connectivity index (χ0) is 22.5. The van der Waals surface area contributed by atoms with Crippen LogP contribution in [0.5, 0.6) is 5.75 Å². The molecule has 0 amide bonds. The van der Waals surface area contributed by atoms with Crippen LogP contribution in [-0.2, 0) is 11.8 Å². The second kappa shape index (κ2) is 7.09. The third-order valence-corrected chi connectivity index (χ3v) is 6.92. The Bertz CT molecular complexity index is 1060. The van der Waals surface area contributed by atoms with E-state index in [-0.39, 0.29) is 11.5 Å². The zero-order valence-corrected chi connectivity index (χ0v) is 19.1. The summed E-state index contributed by atoms with van der Waals surface area (Å²) in [5.41, 5.74) is 0.285. The molecule has 158 valence electrons. The van der Waals surface area contributed by atoms with Gasteiger partial charge in [0.05, 0.1) is 11.0 Å². The average Bonchev–Trinajstić information content (AvgIpc) is 2.81. The fourth-order valence-corrected chi connectivity index (χ4v) is 5.07. The second-order valence-electron chi connectivity index (χ2n) is 9.18. The fourth-order valence-electron chi connectivity index (χ4n) is 4.21. The molecule has 0 spiro atoms. The maximum atomic E-state index is 14.2. The monoisotopic (exact) mass is 427 g/mol. The molecule has 0 radical (unpaired) electrons. The molecule has 2 atom stereocenters. The first-order chi connectivity index (χ1) is 13.8. The summed E-state index contributed by atoms with van der Waals surface area (Å²) in [6, 6.07) is 11.5. The number of nitrogens with zero attached hydrogens (tertiary/aromatic N) is 3. The lowest BCUT2D eigenvalue weighted by Gasteiger charge is -2.40. The number of anilines is 1. The van der Waals surface area contributed by atoms with Crippen LogP contribution >= 0.6 is 0 Å². The second-order valence-corrected chi connectivity index (χ2v) is 13.6. The maximum absolute atomic E-state index is 14.2. The van der Waals surface area contributed by atoms with E-state index < -0.39 is 24.2 Å². The number of fused-ring (bicyclic) bond motifs is 1. The molecule has 2 aromatic rings. The number of nitriles is 1. The topological polar surface area (TPSA) is 79.4 Å². The molecule has 0 bridgehead atoms. The minimum atomic E-state index is -2.00. The molecule has 6 nitrogen and oxygen atoms in total. The fraction of sp³-hybridized carbons (Fsp3) is 0.409. The predicted octanol–water partition coefficient (Wildman–Crippen LogP) is 5.18. The highest BCUT2D eigenvalue weighted by atomic mass is 28.4. The van der Waals surface area contributed by atoms with Crippen molar-refractivity contribution in [2.24, 2.45) is 0 Å². The Morgan fingerprint density at radius 3 is 2.47 bits per heavy atom. The minimum Gasteiger partial charge on any atom is -0.544 e. The average molecular weight is 428 g/mol. The molecule has 8 heteroatoms. The lowest BCUT2D eigenvalue weighted by atomic mass is 9.67. The van der Waals surface area contributed by atoms with E-state index in [2.05, 4.69) is 6.07 Å². The summed E-state index contributed by atoms with van der Waals surface area (Å²) < 4.78 is 20.4. The van der Waals surface area contributed by atoms with E-state index in [1.807, 2.05) is 45.4 Å². The van der Waals surface area contributed by atoms with Crippen LogP contribution in [0.4, 0.5) is 15.8 Å². The number of hydrogen-bond acceptors (Lipinski definition) is 5. The molecule has 0 saturated heterocycles. The Morgan fingerprint density at radius 2 is 1.90 bits per heavy atom. The van der Waals surface area contributed by atoms with Crippen LogP contribution in [0.2, 0.25) is 19.6 Å². The van der Waals surface area contributed by atoms with Crippen LogP contribution in [0.25, 0.3) is 0 Å². The summed E-state index contributed by atoms with van der Waals surface area (Å²) >= 11 is 0. The Labute approximate surface area is 177 Å². The molecule has 1 aliphatic heterocycles. The standard InChI is InChI=1S/C22H26FN3O3Si/c1-21(18-12-16(23)7-9-19(18)25(3)22(21,2)14-24)13-15-11-17(26(27)28)8-10-20(15)29-30(4,5)6/h7-12H,13H2,1-6H3. The first-order valence-corrected chi connectivity index (χ1v) is 13.1. The lowest BCUT2D eigenvalue weighted by Crippen LogP contribution is -2.53. The molecular weight excluding hydrogens is 401 g/mol. The van der Waals surface area contributed by atoms with Gasteiger partial charge in [-0.05, 0) is 62.8 Å². The van der Waals surface area contributed by atoms with E-state index in [1.54, 1.807) is 12.1 Å². The van der Waals surface area contributed by atoms with Crippen LogP contribution in [0.1, 0.15) is 25.0 Å². The normalized spacial score (nSPS) is 23.1. The summed E-state index contributed by atoms with van der Waals surface area (Å²) in [5, 5.41) is 21.5. The smallest absolute Gasteiger partial charge is 0.269 e. The number of rotatable bonds is 5. The molecule has 0 aliphatic carbocycles. The van der Waals surface area contributed by atoms with Crippen LogP contribution in [0.15, 0.2) is 36.4 Å². The van der Waals surface area contributed by atoms with Crippen molar-refractivity contribution >= 4 is 19.7 Å². The Kier molecular flexibility index (Phi) is 5.15. The number of nitro benzene ring substituents is 1. The van der Waals surface area contributed by atoms with Crippen LogP contribution in [-0.4, -0.2) is 25.8 Å². The number of nitro groups is 1. The highest BCUT2D eigenvalue weighted by Gasteiger charge is 2.56. The van der Waals surface area contributed by atoms with Crippen molar-refractivity contribution in [3.05, 3.63) is 63.5 Å². The van der Waals surface area contributed by atoms with Crippen LogP contribution in [0.3, 0.4) is 0 Å². The van der Waals surface area contributed by atoms with E-state index in [9.17, 15) is 19.8 Å². The van der Waals surface area contributed by atoms with Crippen LogP contribution in [0, 0.1) is 27.3 Å². The maximum Gasteiger partial charge on any atom is 0.269 e. The number of likely N-dealkylation sites (N-methyl/N-ethyl adjacent to an activating group) is 1. The first kappa shape index (κ1) is 21.8. The summed E-state index contributed by atoms with van der Waals surface area (Å²) in [4.78, 5) is 12.8. The highest BCUT2D eigenvalue weighted by Crippen LogP contribution is 2.53. The van der Waals surface area contributed by atoms with Gasteiger partial charge in [-0.2, -0.15) is 5.26 Å². The van der Waals surface area contributed by atoms with E-state index in [0.717, 1.165) is 5.69 Å². The largest absolute Gasteiger partial charge is 0.544 e. The van der Waals surface area contributed by atoms with Crippen molar-refractivity contribution in [3.8, 4) is 11.8 Å². The van der Waals surface area contributed by atoms with Crippen LogP contribution < -0.4 is 9.33 Å². The summed E-state index contributed by atoms with van der Waals surface area (Å²) in [5.74, 6) is 0.196. The van der Waals surface area contributed by atoms with Gasteiger partial charge in [-0.1, -0.05) is 6.92 Å². The Balaban J connectivity index is 2.21. The zero-order valence-electron chi connectivity index (χ0n) is 18.1. The van der Waals surface area contributed by atoms with Gasteiger partial charge in [-0.15, -0.1) is 0 Å². The number of benzene rings is 2. The molecule has 30 heavy (non-hydrogen) atoms. The van der Waals surface area contributed by atoms with Crippen molar-refractivity contribution in [1.29, 1.82) is 5.26 Å². The molecular formula is C22H26FN3O3Si. The van der Waals surface area contributed by atoms with Gasteiger partial charge in [0.25, 0.3) is 5.69 Å². The minimum absolute atomic E-state index is 0.0407. The quantitative estimate of drug-likeness (QED) is 0.373. The molecule has 0 saturated carbocycles. The first-order valence-electron chi connectivity index (χ1n) is 9.74. The molecule has 2 aromatic carbocycles. The number of halogens is 1.